The van der Waals surface area contributed by atoms with Crippen molar-refractivity contribution in [3.05, 3.63) is 76.3 Å². The van der Waals surface area contributed by atoms with Crippen molar-refractivity contribution in [1.29, 1.82) is 0 Å². The SMILES string of the molecule is O=C(O)c1cn(C2CC2)c2cc(-n3nc(-c4ccccc4)cc3O)c(F)cc2c1=O. The van der Waals surface area contributed by atoms with E-state index in [1.165, 1.54) is 18.3 Å². The number of benzene rings is 2. The molecule has 4 aromatic rings. The monoisotopic (exact) mass is 405 g/mol. The lowest BCUT2D eigenvalue weighted by atomic mass is 10.1. The standard InChI is InChI=1S/C22H16FN3O4/c23-16-8-14-18(25(13-6-7-13)11-15(21(14)28)22(29)30)10-19(16)26-20(27)9-17(24-26)12-4-2-1-3-5-12/h1-5,8-11,13,27H,6-7H2,(H,29,30). The summed E-state index contributed by atoms with van der Waals surface area (Å²) in [6.45, 7) is 0. The van der Waals surface area contributed by atoms with Crippen LogP contribution in [0.2, 0.25) is 0 Å². The van der Waals surface area contributed by atoms with Gasteiger partial charge in [-0.05, 0) is 25.0 Å². The molecule has 1 aliphatic rings. The summed E-state index contributed by atoms with van der Waals surface area (Å²) in [6, 6.07) is 13.1. The van der Waals surface area contributed by atoms with E-state index < -0.39 is 22.8 Å². The van der Waals surface area contributed by atoms with Gasteiger partial charge in [-0.25, -0.2) is 9.18 Å². The Balaban J connectivity index is 1.74. The molecule has 1 aliphatic carbocycles. The molecule has 7 nitrogen and oxygen atoms in total. The molecule has 0 aliphatic heterocycles. The molecule has 0 amide bonds. The van der Waals surface area contributed by atoms with Crippen LogP contribution in [0, 0.1) is 5.82 Å². The molecule has 2 heterocycles. The average molecular weight is 405 g/mol. The molecule has 2 aromatic heterocycles. The van der Waals surface area contributed by atoms with Gasteiger partial charge in [0.1, 0.15) is 17.1 Å². The number of hydrogen-bond acceptors (Lipinski definition) is 4. The summed E-state index contributed by atoms with van der Waals surface area (Å²) in [5.74, 6) is -2.39. The number of pyridine rings is 1. The lowest BCUT2D eigenvalue weighted by molar-refractivity contribution is 0.0695. The van der Waals surface area contributed by atoms with Crippen molar-refractivity contribution in [3.8, 4) is 22.8 Å². The second-order valence-corrected chi connectivity index (χ2v) is 7.30. The molecule has 5 rings (SSSR count). The fraction of sp³-hybridized carbons (Fsp3) is 0.136. The number of halogens is 1. The Morgan fingerprint density at radius 2 is 1.87 bits per heavy atom. The van der Waals surface area contributed by atoms with Gasteiger partial charge in [-0.2, -0.15) is 9.78 Å². The third-order valence-electron chi connectivity index (χ3n) is 5.26. The number of fused-ring (bicyclic) bond motifs is 1. The number of aromatic nitrogens is 3. The van der Waals surface area contributed by atoms with E-state index in [1.54, 1.807) is 4.57 Å². The molecule has 0 spiro atoms. The largest absolute Gasteiger partial charge is 0.493 e. The van der Waals surface area contributed by atoms with E-state index in [0.29, 0.717) is 11.2 Å². The normalized spacial score (nSPS) is 13.6. The molecule has 0 atom stereocenters. The molecule has 150 valence electrons. The highest BCUT2D eigenvalue weighted by Crippen LogP contribution is 2.38. The topological polar surface area (TPSA) is 97.3 Å². The summed E-state index contributed by atoms with van der Waals surface area (Å²) in [7, 11) is 0. The van der Waals surface area contributed by atoms with Gasteiger partial charge < -0.3 is 14.8 Å². The second-order valence-electron chi connectivity index (χ2n) is 7.30. The molecule has 0 radical (unpaired) electrons. The molecule has 0 saturated heterocycles. The Hall–Kier alpha value is -3.94. The molecule has 8 heteroatoms. The van der Waals surface area contributed by atoms with Crippen LogP contribution in [-0.2, 0) is 0 Å². The molecular weight excluding hydrogens is 389 g/mol. The third kappa shape index (κ3) is 2.85. The summed E-state index contributed by atoms with van der Waals surface area (Å²) in [4.78, 5) is 24.1. The molecule has 1 fully saturated rings. The van der Waals surface area contributed by atoms with Gasteiger partial charge in [0.25, 0.3) is 0 Å². The van der Waals surface area contributed by atoms with Crippen LogP contribution >= 0.6 is 0 Å². The van der Waals surface area contributed by atoms with Crippen LogP contribution in [0.4, 0.5) is 4.39 Å². The van der Waals surface area contributed by atoms with Crippen molar-refractivity contribution in [2.75, 3.05) is 0 Å². The number of carboxylic acids is 1. The van der Waals surface area contributed by atoms with Crippen LogP contribution in [-0.4, -0.2) is 30.5 Å². The van der Waals surface area contributed by atoms with Crippen molar-refractivity contribution < 1.29 is 19.4 Å². The predicted molar refractivity (Wildman–Crippen MR) is 108 cm³/mol. The molecule has 0 unspecified atom stereocenters. The summed E-state index contributed by atoms with van der Waals surface area (Å²) in [6.07, 6.45) is 2.99. The molecule has 2 N–H and O–H groups in total. The van der Waals surface area contributed by atoms with Crippen molar-refractivity contribution in [2.24, 2.45) is 0 Å². The highest BCUT2D eigenvalue weighted by molar-refractivity contribution is 5.93. The van der Waals surface area contributed by atoms with Gasteiger partial charge in [0.2, 0.25) is 11.3 Å². The van der Waals surface area contributed by atoms with Crippen LogP contribution in [0.1, 0.15) is 29.2 Å². The second kappa shape index (κ2) is 6.55. The zero-order valence-corrected chi connectivity index (χ0v) is 15.6. The number of rotatable bonds is 4. The predicted octanol–water partition coefficient (Wildman–Crippen LogP) is 3.73. The van der Waals surface area contributed by atoms with E-state index in [9.17, 15) is 24.2 Å². The van der Waals surface area contributed by atoms with Gasteiger partial charge in [0.05, 0.1) is 11.2 Å². The van der Waals surface area contributed by atoms with Crippen LogP contribution in [0.15, 0.2) is 59.5 Å². The van der Waals surface area contributed by atoms with E-state index in [-0.39, 0.29) is 23.0 Å². The third-order valence-corrected chi connectivity index (χ3v) is 5.26. The number of hydrogen-bond donors (Lipinski definition) is 2. The van der Waals surface area contributed by atoms with Crippen molar-refractivity contribution >= 4 is 16.9 Å². The number of carbonyl (C=O) groups is 1. The van der Waals surface area contributed by atoms with Gasteiger partial charge in [0.15, 0.2) is 0 Å². The molecule has 0 bridgehead atoms. The summed E-state index contributed by atoms with van der Waals surface area (Å²) < 4.78 is 17.8. The lowest BCUT2D eigenvalue weighted by Crippen LogP contribution is -2.19. The number of carboxylic acid groups (broad SMARTS) is 1. The Morgan fingerprint density at radius 1 is 1.13 bits per heavy atom. The van der Waals surface area contributed by atoms with Gasteiger partial charge in [-0.1, -0.05) is 30.3 Å². The van der Waals surface area contributed by atoms with Crippen molar-refractivity contribution in [2.45, 2.75) is 18.9 Å². The first-order valence-corrected chi connectivity index (χ1v) is 9.40. The smallest absolute Gasteiger partial charge is 0.341 e. The molecule has 1 saturated carbocycles. The zero-order chi connectivity index (χ0) is 21.0. The Morgan fingerprint density at radius 3 is 2.53 bits per heavy atom. The van der Waals surface area contributed by atoms with E-state index in [2.05, 4.69) is 5.10 Å². The minimum atomic E-state index is -1.35. The Kier molecular flexibility index (Phi) is 3.95. The molecule has 2 aromatic carbocycles. The number of nitrogens with zero attached hydrogens (tertiary/aromatic N) is 3. The highest BCUT2D eigenvalue weighted by atomic mass is 19.1. The maximum absolute atomic E-state index is 15.0. The summed E-state index contributed by atoms with van der Waals surface area (Å²) >= 11 is 0. The van der Waals surface area contributed by atoms with Gasteiger partial charge in [0, 0.05) is 29.3 Å². The highest BCUT2D eigenvalue weighted by Gasteiger charge is 2.28. The maximum Gasteiger partial charge on any atom is 0.341 e. The van der Waals surface area contributed by atoms with Crippen LogP contribution < -0.4 is 5.43 Å². The van der Waals surface area contributed by atoms with Gasteiger partial charge in [-0.15, -0.1) is 0 Å². The summed E-state index contributed by atoms with van der Waals surface area (Å²) in [5, 5.41) is 24.0. The van der Waals surface area contributed by atoms with Crippen molar-refractivity contribution in [3.63, 3.8) is 0 Å². The van der Waals surface area contributed by atoms with Crippen LogP contribution in [0.5, 0.6) is 5.88 Å². The Labute approximate surface area is 169 Å². The van der Waals surface area contributed by atoms with E-state index in [1.807, 2.05) is 30.3 Å². The number of aromatic carboxylic acids is 1. The number of aromatic hydroxyl groups is 1. The Bertz CT molecular complexity index is 1370. The van der Waals surface area contributed by atoms with Gasteiger partial charge >= 0.3 is 5.97 Å². The first-order chi connectivity index (χ1) is 14.4. The quantitative estimate of drug-likeness (QED) is 0.539. The van der Waals surface area contributed by atoms with Gasteiger partial charge in [-0.3, -0.25) is 4.79 Å². The molecule has 30 heavy (non-hydrogen) atoms. The minimum Gasteiger partial charge on any atom is -0.493 e. The lowest BCUT2D eigenvalue weighted by Gasteiger charge is -2.14. The van der Waals surface area contributed by atoms with Crippen molar-refractivity contribution in [1.82, 2.24) is 14.3 Å². The fourth-order valence-corrected chi connectivity index (χ4v) is 3.63. The minimum absolute atomic E-state index is 0.0158. The van der Waals surface area contributed by atoms with Crippen LogP contribution in [0.3, 0.4) is 0 Å². The zero-order valence-electron chi connectivity index (χ0n) is 15.6. The van der Waals surface area contributed by atoms with E-state index in [0.717, 1.165) is 29.2 Å². The van der Waals surface area contributed by atoms with E-state index in [4.69, 9.17) is 0 Å². The van der Waals surface area contributed by atoms with E-state index >= 15 is 0 Å². The van der Waals surface area contributed by atoms with Crippen LogP contribution in [0.25, 0.3) is 27.8 Å². The first kappa shape index (κ1) is 18.1. The maximum atomic E-state index is 15.0. The summed E-state index contributed by atoms with van der Waals surface area (Å²) in [5.41, 5.74) is 0.464. The fourth-order valence-electron chi connectivity index (χ4n) is 3.63. The molecular formula is C22H16FN3O4. The first-order valence-electron chi connectivity index (χ1n) is 9.40. The average Bonchev–Trinajstić information content (AvgIpc) is 3.50.